The van der Waals surface area contributed by atoms with Crippen molar-refractivity contribution in [3.63, 3.8) is 0 Å². The van der Waals surface area contributed by atoms with Crippen molar-refractivity contribution in [3.05, 3.63) is 64.9 Å². The minimum atomic E-state index is -0.316. The van der Waals surface area contributed by atoms with Gasteiger partial charge in [-0.2, -0.15) is 4.80 Å². The van der Waals surface area contributed by atoms with Gasteiger partial charge in [0.25, 0.3) is 0 Å². The topological polar surface area (TPSA) is 72.7 Å². The summed E-state index contributed by atoms with van der Waals surface area (Å²) in [7, 11) is 0. The monoisotopic (exact) mass is 359 g/mol. The minimum Gasteiger partial charge on any atom is -0.348 e. The lowest BCUT2D eigenvalue weighted by atomic mass is 10.1. The minimum absolute atomic E-state index is 0.0634. The van der Waals surface area contributed by atoms with Gasteiger partial charge in [-0.25, -0.2) is 4.39 Å². The molecule has 3 aromatic rings. The molecule has 2 aromatic carbocycles. The number of halogens is 2. The molecule has 0 saturated carbocycles. The van der Waals surface area contributed by atoms with E-state index in [-0.39, 0.29) is 24.3 Å². The summed E-state index contributed by atoms with van der Waals surface area (Å²) in [4.78, 5) is 13.3. The molecular weight excluding hydrogens is 345 g/mol. The second-order valence-electron chi connectivity index (χ2n) is 5.49. The van der Waals surface area contributed by atoms with Crippen LogP contribution in [0.3, 0.4) is 0 Å². The van der Waals surface area contributed by atoms with Crippen molar-refractivity contribution in [2.75, 3.05) is 0 Å². The van der Waals surface area contributed by atoms with E-state index in [0.717, 1.165) is 11.1 Å². The molecule has 128 valence electrons. The van der Waals surface area contributed by atoms with E-state index in [1.54, 1.807) is 36.4 Å². The fourth-order valence-corrected chi connectivity index (χ4v) is 2.40. The molecule has 3 rings (SSSR count). The molecular formula is C17H15ClFN5O. The van der Waals surface area contributed by atoms with Crippen molar-refractivity contribution in [1.82, 2.24) is 25.5 Å². The highest BCUT2D eigenvalue weighted by atomic mass is 35.5. The van der Waals surface area contributed by atoms with Crippen molar-refractivity contribution < 1.29 is 9.18 Å². The van der Waals surface area contributed by atoms with Crippen LogP contribution in [0.5, 0.6) is 0 Å². The van der Waals surface area contributed by atoms with E-state index >= 15 is 0 Å². The van der Waals surface area contributed by atoms with Gasteiger partial charge >= 0.3 is 0 Å². The zero-order chi connectivity index (χ0) is 17.8. The smallest absolute Gasteiger partial charge is 0.244 e. The van der Waals surface area contributed by atoms with Crippen molar-refractivity contribution in [2.45, 2.75) is 19.5 Å². The van der Waals surface area contributed by atoms with Crippen LogP contribution in [0, 0.1) is 5.82 Å². The average molecular weight is 360 g/mol. The van der Waals surface area contributed by atoms with Crippen molar-refractivity contribution in [2.24, 2.45) is 0 Å². The number of benzene rings is 2. The molecule has 0 spiro atoms. The highest BCUT2D eigenvalue weighted by Crippen LogP contribution is 2.17. The molecule has 1 heterocycles. The molecule has 1 amide bonds. The standard InChI is InChI=1S/C17H15ClFN5O/c1-11(12-4-8-15(19)9-5-12)20-16(25)10-24-22-17(21-23-24)13-2-6-14(18)7-3-13/h2-9,11H,10H2,1H3,(H,20,25). The van der Waals surface area contributed by atoms with Crippen LogP contribution >= 0.6 is 11.6 Å². The number of nitrogens with one attached hydrogen (secondary N) is 1. The molecule has 0 fully saturated rings. The number of carbonyl (C=O) groups excluding carboxylic acids is 1. The molecule has 0 bridgehead atoms. The molecule has 0 radical (unpaired) electrons. The number of hydrogen-bond donors (Lipinski definition) is 1. The van der Waals surface area contributed by atoms with Crippen LogP contribution < -0.4 is 5.32 Å². The first kappa shape index (κ1) is 17.0. The number of carbonyl (C=O) groups is 1. The maximum absolute atomic E-state index is 12.9. The second-order valence-corrected chi connectivity index (χ2v) is 5.93. The van der Waals surface area contributed by atoms with E-state index in [0.29, 0.717) is 10.8 Å². The summed E-state index contributed by atoms with van der Waals surface area (Å²) >= 11 is 5.85. The third kappa shape index (κ3) is 4.39. The summed E-state index contributed by atoms with van der Waals surface area (Å²) in [6.07, 6.45) is 0. The van der Waals surface area contributed by atoms with Crippen LogP contribution in [0.15, 0.2) is 48.5 Å². The lowest BCUT2D eigenvalue weighted by Gasteiger charge is -2.13. The maximum Gasteiger partial charge on any atom is 0.244 e. The van der Waals surface area contributed by atoms with Gasteiger partial charge in [0.05, 0.1) is 6.04 Å². The first-order valence-electron chi connectivity index (χ1n) is 7.60. The molecule has 1 atom stereocenters. The van der Waals surface area contributed by atoms with Crippen molar-refractivity contribution in [1.29, 1.82) is 0 Å². The zero-order valence-corrected chi connectivity index (χ0v) is 14.1. The van der Waals surface area contributed by atoms with Gasteiger partial charge in [0.15, 0.2) is 0 Å². The number of rotatable bonds is 5. The van der Waals surface area contributed by atoms with Gasteiger partial charge in [-0.3, -0.25) is 4.79 Å². The maximum atomic E-state index is 12.9. The molecule has 1 N–H and O–H groups in total. The van der Waals surface area contributed by atoms with Gasteiger partial charge in [0.2, 0.25) is 11.7 Å². The second kappa shape index (κ2) is 7.40. The largest absolute Gasteiger partial charge is 0.348 e. The molecule has 0 aliphatic rings. The number of amides is 1. The van der Waals surface area contributed by atoms with E-state index in [2.05, 4.69) is 20.7 Å². The normalized spacial score (nSPS) is 12.0. The Morgan fingerprint density at radius 2 is 1.88 bits per heavy atom. The molecule has 0 aliphatic carbocycles. The van der Waals surface area contributed by atoms with E-state index < -0.39 is 0 Å². The summed E-state index contributed by atoms with van der Waals surface area (Å²) in [5.74, 6) is -0.170. The van der Waals surface area contributed by atoms with Gasteiger partial charge in [0, 0.05) is 10.6 Å². The Balaban J connectivity index is 1.61. The first-order chi connectivity index (χ1) is 12.0. The van der Waals surface area contributed by atoms with Gasteiger partial charge in [-0.15, -0.1) is 10.2 Å². The highest BCUT2D eigenvalue weighted by molar-refractivity contribution is 6.30. The predicted octanol–water partition coefficient (Wildman–Crippen LogP) is 3.01. The number of aromatic nitrogens is 4. The molecule has 0 aliphatic heterocycles. The molecule has 6 nitrogen and oxygen atoms in total. The number of hydrogen-bond acceptors (Lipinski definition) is 4. The van der Waals surface area contributed by atoms with Crippen LogP contribution in [0.1, 0.15) is 18.5 Å². The highest BCUT2D eigenvalue weighted by Gasteiger charge is 2.13. The molecule has 1 unspecified atom stereocenters. The SMILES string of the molecule is CC(NC(=O)Cn1nnc(-c2ccc(Cl)cc2)n1)c1ccc(F)cc1. The summed E-state index contributed by atoms with van der Waals surface area (Å²) in [5.41, 5.74) is 1.57. The number of tetrazole rings is 1. The van der Waals surface area contributed by atoms with Crippen molar-refractivity contribution >= 4 is 17.5 Å². The van der Waals surface area contributed by atoms with Crippen LogP contribution in [-0.4, -0.2) is 26.1 Å². The zero-order valence-electron chi connectivity index (χ0n) is 13.4. The Kier molecular flexibility index (Phi) is 5.04. The summed E-state index contributed by atoms with van der Waals surface area (Å²) in [5, 5.41) is 15.4. The summed E-state index contributed by atoms with van der Waals surface area (Å²) < 4.78 is 12.9. The van der Waals surface area contributed by atoms with Crippen LogP contribution in [0.2, 0.25) is 5.02 Å². The van der Waals surface area contributed by atoms with Gasteiger partial charge in [-0.1, -0.05) is 23.7 Å². The fourth-order valence-electron chi connectivity index (χ4n) is 2.28. The quantitative estimate of drug-likeness (QED) is 0.760. The van der Waals surface area contributed by atoms with E-state index in [9.17, 15) is 9.18 Å². The molecule has 25 heavy (non-hydrogen) atoms. The lowest BCUT2D eigenvalue weighted by molar-refractivity contribution is -0.122. The third-order valence-corrected chi connectivity index (χ3v) is 3.84. The summed E-state index contributed by atoms with van der Waals surface area (Å²) in [6.45, 7) is 1.76. The van der Waals surface area contributed by atoms with Crippen molar-refractivity contribution in [3.8, 4) is 11.4 Å². The van der Waals surface area contributed by atoms with Crippen LogP contribution in [-0.2, 0) is 11.3 Å². The van der Waals surface area contributed by atoms with E-state index in [1.165, 1.54) is 16.9 Å². The third-order valence-electron chi connectivity index (χ3n) is 3.59. The predicted molar refractivity (Wildman–Crippen MR) is 91.2 cm³/mol. The van der Waals surface area contributed by atoms with Gasteiger partial charge in [-0.05, 0) is 54.1 Å². The summed E-state index contributed by atoms with van der Waals surface area (Å²) in [6, 6.07) is 12.7. The fraction of sp³-hybridized carbons (Fsp3) is 0.176. The van der Waals surface area contributed by atoms with E-state index in [4.69, 9.17) is 11.6 Å². The Hall–Kier alpha value is -2.80. The lowest BCUT2D eigenvalue weighted by Crippen LogP contribution is -2.30. The molecule has 1 aromatic heterocycles. The average Bonchev–Trinajstić information content (AvgIpc) is 3.04. The number of nitrogens with zero attached hydrogens (tertiary/aromatic N) is 4. The van der Waals surface area contributed by atoms with Crippen LogP contribution in [0.4, 0.5) is 4.39 Å². The Bertz CT molecular complexity index is 864. The molecule has 0 saturated heterocycles. The van der Waals surface area contributed by atoms with Gasteiger partial charge < -0.3 is 5.32 Å². The first-order valence-corrected chi connectivity index (χ1v) is 7.97. The Labute approximate surface area is 148 Å². The Morgan fingerprint density at radius 3 is 2.56 bits per heavy atom. The molecule has 8 heteroatoms. The van der Waals surface area contributed by atoms with Gasteiger partial charge in [0.1, 0.15) is 12.4 Å². The van der Waals surface area contributed by atoms with E-state index in [1.807, 2.05) is 6.92 Å². The Morgan fingerprint density at radius 1 is 1.20 bits per heavy atom. The van der Waals surface area contributed by atoms with Crippen LogP contribution in [0.25, 0.3) is 11.4 Å².